The smallest absolute Gasteiger partial charge is 0.0897 e. The summed E-state index contributed by atoms with van der Waals surface area (Å²) < 4.78 is 11.9. The molecule has 0 spiro atoms. The van der Waals surface area contributed by atoms with E-state index < -0.39 is 0 Å². The molecule has 0 aliphatic rings. The van der Waals surface area contributed by atoms with Crippen LogP contribution in [0, 0.1) is 5.92 Å². The minimum atomic E-state index is -0.200. The molecule has 0 radical (unpaired) electrons. The molecule has 12 heavy (non-hydrogen) atoms. The molecule has 1 unspecified atom stereocenters. The molecule has 0 aliphatic carbocycles. The Morgan fingerprint density at radius 1 is 1.25 bits per heavy atom. The summed E-state index contributed by atoms with van der Waals surface area (Å²) in [5.41, 5.74) is 1.30. The largest absolute Gasteiger partial charge is 0.251 e. The lowest BCUT2D eigenvalue weighted by Crippen LogP contribution is -2.00. The SMILES string of the molecule is CC(CCF)Cc1ccccc1. The summed E-state index contributed by atoms with van der Waals surface area (Å²) in [5.74, 6) is 0.456. The molecular formula is C11H15F. The van der Waals surface area contributed by atoms with E-state index in [1.807, 2.05) is 18.2 Å². The van der Waals surface area contributed by atoms with E-state index in [1.165, 1.54) is 5.56 Å². The molecule has 0 N–H and O–H groups in total. The van der Waals surface area contributed by atoms with E-state index in [0.29, 0.717) is 12.3 Å². The molecule has 0 heterocycles. The van der Waals surface area contributed by atoms with Crippen molar-refractivity contribution in [2.75, 3.05) is 6.67 Å². The maximum Gasteiger partial charge on any atom is 0.0897 e. The maximum atomic E-state index is 11.9. The third-order valence-corrected chi connectivity index (χ3v) is 2.03. The molecule has 1 heteroatoms. The van der Waals surface area contributed by atoms with E-state index in [1.54, 1.807) is 0 Å². The summed E-state index contributed by atoms with van der Waals surface area (Å²) in [4.78, 5) is 0. The Morgan fingerprint density at radius 2 is 1.92 bits per heavy atom. The monoisotopic (exact) mass is 166 g/mol. The average Bonchev–Trinajstić information content (AvgIpc) is 2.06. The number of hydrogen-bond donors (Lipinski definition) is 0. The van der Waals surface area contributed by atoms with Crippen molar-refractivity contribution >= 4 is 0 Å². The van der Waals surface area contributed by atoms with E-state index in [0.717, 1.165) is 6.42 Å². The summed E-state index contributed by atoms with van der Waals surface area (Å²) >= 11 is 0. The zero-order valence-electron chi connectivity index (χ0n) is 7.46. The van der Waals surface area contributed by atoms with Gasteiger partial charge in [-0.3, -0.25) is 4.39 Å². The second kappa shape index (κ2) is 4.91. The van der Waals surface area contributed by atoms with Gasteiger partial charge in [-0.15, -0.1) is 0 Å². The van der Waals surface area contributed by atoms with Crippen LogP contribution in [0.4, 0.5) is 4.39 Å². The lowest BCUT2D eigenvalue weighted by Gasteiger charge is -2.07. The second-order valence-electron chi connectivity index (χ2n) is 3.27. The van der Waals surface area contributed by atoms with Crippen molar-refractivity contribution in [3.05, 3.63) is 35.9 Å². The van der Waals surface area contributed by atoms with Crippen LogP contribution in [0.1, 0.15) is 18.9 Å². The highest BCUT2D eigenvalue weighted by molar-refractivity contribution is 5.14. The first-order valence-corrected chi connectivity index (χ1v) is 4.43. The molecule has 0 aliphatic heterocycles. The molecule has 1 rings (SSSR count). The molecule has 1 aromatic rings. The Morgan fingerprint density at radius 3 is 2.50 bits per heavy atom. The number of benzene rings is 1. The fourth-order valence-electron chi connectivity index (χ4n) is 1.30. The van der Waals surface area contributed by atoms with Crippen molar-refractivity contribution in [2.24, 2.45) is 5.92 Å². The van der Waals surface area contributed by atoms with Gasteiger partial charge in [0.2, 0.25) is 0 Å². The number of rotatable bonds is 4. The van der Waals surface area contributed by atoms with Crippen molar-refractivity contribution in [3.63, 3.8) is 0 Å². The van der Waals surface area contributed by atoms with Gasteiger partial charge in [-0.25, -0.2) is 0 Å². The lowest BCUT2D eigenvalue weighted by atomic mass is 9.99. The highest BCUT2D eigenvalue weighted by Gasteiger charge is 2.01. The topological polar surface area (TPSA) is 0 Å². The Labute approximate surface area is 73.4 Å². The van der Waals surface area contributed by atoms with E-state index in [4.69, 9.17) is 0 Å². The van der Waals surface area contributed by atoms with Gasteiger partial charge < -0.3 is 0 Å². The molecule has 0 amide bonds. The molecule has 0 nitrogen and oxygen atoms in total. The molecule has 0 saturated carbocycles. The van der Waals surface area contributed by atoms with E-state index >= 15 is 0 Å². The van der Waals surface area contributed by atoms with Gasteiger partial charge in [0.1, 0.15) is 0 Å². The first-order chi connectivity index (χ1) is 5.83. The van der Waals surface area contributed by atoms with Crippen LogP contribution in [0.5, 0.6) is 0 Å². The molecule has 0 saturated heterocycles. The molecule has 1 atom stereocenters. The summed E-state index contributed by atoms with van der Waals surface area (Å²) in [7, 11) is 0. The summed E-state index contributed by atoms with van der Waals surface area (Å²) in [5, 5.41) is 0. The number of hydrogen-bond acceptors (Lipinski definition) is 0. The van der Waals surface area contributed by atoms with Crippen LogP contribution >= 0.6 is 0 Å². The molecule has 0 aromatic heterocycles. The van der Waals surface area contributed by atoms with Crippen molar-refractivity contribution in [1.82, 2.24) is 0 Å². The molecule has 66 valence electrons. The maximum absolute atomic E-state index is 11.9. The van der Waals surface area contributed by atoms with Crippen LogP contribution in [0.15, 0.2) is 30.3 Å². The van der Waals surface area contributed by atoms with Gasteiger partial charge in [0.05, 0.1) is 6.67 Å². The van der Waals surface area contributed by atoms with Crippen molar-refractivity contribution in [2.45, 2.75) is 19.8 Å². The predicted molar refractivity (Wildman–Crippen MR) is 49.9 cm³/mol. The zero-order chi connectivity index (χ0) is 8.81. The Balaban J connectivity index is 2.41. The normalized spacial score (nSPS) is 12.8. The van der Waals surface area contributed by atoms with Crippen molar-refractivity contribution in [1.29, 1.82) is 0 Å². The van der Waals surface area contributed by atoms with Gasteiger partial charge in [-0.05, 0) is 24.3 Å². The molecular weight excluding hydrogens is 151 g/mol. The fourth-order valence-corrected chi connectivity index (χ4v) is 1.30. The minimum Gasteiger partial charge on any atom is -0.251 e. The zero-order valence-corrected chi connectivity index (χ0v) is 7.46. The second-order valence-corrected chi connectivity index (χ2v) is 3.27. The van der Waals surface area contributed by atoms with Crippen LogP contribution in [0.2, 0.25) is 0 Å². The van der Waals surface area contributed by atoms with E-state index in [-0.39, 0.29) is 6.67 Å². The first kappa shape index (κ1) is 9.24. The van der Waals surface area contributed by atoms with Gasteiger partial charge >= 0.3 is 0 Å². The van der Waals surface area contributed by atoms with Crippen LogP contribution < -0.4 is 0 Å². The van der Waals surface area contributed by atoms with Gasteiger partial charge in [0.15, 0.2) is 0 Å². The van der Waals surface area contributed by atoms with Gasteiger partial charge in [0.25, 0.3) is 0 Å². The Kier molecular flexibility index (Phi) is 3.78. The Hall–Kier alpha value is -0.850. The van der Waals surface area contributed by atoms with Crippen molar-refractivity contribution in [3.8, 4) is 0 Å². The van der Waals surface area contributed by atoms with Crippen LogP contribution in [-0.2, 0) is 6.42 Å². The highest BCUT2D eigenvalue weighted by atomic mass is 19.1. The quantitative estimate of drug-likeness (QED) is 0.644. The lowest BCUT2D eigenvalue weighted by molar-refractivity contribution is 0.403. The molecule has 1 aromatic carbocycles. The summed E-state index contributed by atoms with van der Waals surface area (Å²) in [6, 6.07) is 10.2. The van der Waals surface area contributed by atoms with Crippen LogP contribution in [0.25, 0.3) is 0 Å². The molecule has 0 fully saturated rings. The van der Waals surface area contributed by atoms with Crippen LogP contribution in [-0.4, -0.2) is 6.67 Å². The number of halogens is 1. The van der Waals surface area contributed by atoms with Gasteiger partial charge in [-0.1, -0.05) is 37.3 Å². The van der Waals surface area contributed by atoms with Gasteiger partial charge in [-0.2, -0.15) is 0 Å². The van der Waals surface area contributed by atoms with E-state index in [2.05, 4.69) is 19.1 Å². The predicted octanol–water partition coefficient (Wildman–Crippen LogP) is 3.22. The third-order valence-electron chi connectivity index (χ3n) is 2.03. The summed E-state index contributed by atoms with van der Waals surface area (Å²) in [6.45, 7) is 1.89. The van der Waals surface area contributed by atoms with Gasteiger partial charge in [0, 0.05) is 0 Å². The minimum absolute atomic E-state index is 0.200. The molecule has 0 bridgehead atoms. The van der Waals surface area contributed by atoms with E-state index in [9.17, 15) is 4.39 Å². The third kappa shape index (κ3) is 3.04. The number of alkyl halides is 1. The Bertz CT molecular complexity index is 206. The summed E-state index contributed by atoms with van der Waals surface area (Å²) in [6.07, 6.45) is 1.67. The standard InChI is InChI=1S/C11H15F/c1-10(7-8-12)9-11-5-3-2-4-6-11/h2-6,10H,7-9H2,1H3. The highest BCUT2D eigenvalue weighted by Crippen LogP contribution is 2.11. The fraction of sp³-hybridized carbons (Fsp3) is 0.455. The van der Waals surface area contributed by atoms with Crippen molar-refractivity contribution < 1.29 is 4.39 Å². The average molecular weight is 166 g/mol. The first-order valence-electron chi connectivity index (χ1n) is 4.43. The van der Waals surface area contributed by atoms with Crippen LogP contribution in [0.3, 0.4) is 0 Å².